The summed E-state index contributed by atoms with van der Waals surface area (Å²) in [7, 11) is 0. The Morgan fingerprint density at radius 2 is 2.29 bits per heavy atom. The highest BCUT2D eigenvalue weighted by atomic mass is 19.1. The molecule has 0 spiro atoms. The van der Waals surface area contributed by atoms with Crippen LogP contribution in [0.3, 0.4) is 0 Å². The Morgan fingerprint density at radius 1 is 1.47 bits per heavy atom. The average Bonchev–Trinajstić information content (AvgIpc) is 2.64. The van der Waals surface area contributed by atoms with Gasteiger partial charge in [0.05, 0.1) is 12.5 Å². The SMILES string of the molecule is CC(O)Cc1nc(Cc2cccc(F)c2)no1. The third-order valence-electron chi connectivity index (χ3n) is 2.23. The fourth-order valence-corrected chi connectivity index (χ4v) is 1.53. The van der Waals surface area contributed by atoms with E-state index in [1.54, 1.807) is 19.1 Å². The maximum absolute atomic E-state index is 12.9. The number of aromatic nitrogens is 2. The predicted octanol–water partition coefficient (Wildman–Crippen LogP) is 1.72. The van der Waals surface area contributed by atoms with Crippen molar-refractivity contribution in [2.75, 3.05) is 0 Å². The molecule has 0 radical (unpaired) electrons. The van der Waals surface area contributed by atoms with E-state index in [2.05, 4.69) is 10.1 Å². The molecule has 0 aliphatic carbocycles. The maximum atomic E-state index is 12.9. The van der Waals surface area contributed by atoms with E-state index in [1.165, 1.54) is 12.1 Å². The van der Waals surface area contributed by atoms with E-state index in [9.17, 15) is 4.39 Å². The van der Waals surface area contributed by atoms with Crippen LogP contribution in [0.5, 0.6) is 0 Å². The summed E-state index contributed by atoms with van der Waals surface area (Å²) in [5.41, 5.74) is 0.786. The van der Waals surface area contributed by atoms with Crippen molar-refractivity contribution in [2.24, 2.45) is 0 Å². The number of nitrogens with zero attached hydrogens (tertiary/aromatic N) is 2. The lowest BCUT2D eigenvalue weighted by atomic mass is 10.1. The number of benzene rings is 1. The van der Waals surface area contributed by atoms with Crippen molar-refractivity contribution in [3.8, 4) is 0 Å². The van der Waals surface area contributed by atoms with Gasteiger partial charge >= 0.3 is 0 Å². The van der Waals surface area contributed by atoms with Gasteiger partial charge < -0.3 is 9.63 Å². The smallest absolute Gasteiger partial charge is 0.229 e. The van der Waals surface area contributed by atoms with Crippen molar-refractivity contribution in [1.29, 1.82) is 0 Å². The van der Waals surface area contributed by atoms with E-state index in [4.69, 9.17) is 9.63 Å². The quantitative estimate of drug-likeness (QED) is 0.878. The zero-order valence-corrected chi connectivity index (χ0v) is 9.43. The highest BCUT2D eigenvalue weighted by Crippen LogP contribution is 2.09. The van der Waals surface area contributed by atoms with Crippen LogP contribution in [0, 0.1) is 5.82 Å². The van der Waals surface area contributed by atoms with Gasteiger partial charge in [0.2, 0.25) is 5.89 Å². The van der Waals surface area contributed by atoms with Gasteiger partial charge in [0.25, 0.3) is 0 Å². The van der Waals surface area contributed by atoms with Crippen LogP contribution < -0.4 is 0 Å². The molecule has 17 heavy (non-hydrogen) atoms. The Balaban J connectivity index is 2.06. The minimum absolute atomic E-state index is 0.282. The lowest BCUT2D eigenvalue weighted by molar-refractivity contribution is 0.181. The van der Waals surface area contributed by atoms with E-state index >= 15 is 0 Å². The summed E-state index contributed by atoms with van der Waals surface area (Å²) in [5.74, 6) is 0.604. The Kier molecular flexibility index (Phi) is 3.49. The summed E-state index contributed by atoms with van der Waals surface area (Å²) < 4.78 is 17.9. The molecule has 0 fully saturated rings. The minimum atomic E-state index is -0.516. The van der Waals surface area contributed by atoms with Crippen molar-refractivity contribution >= 4 is 0 Å². The number of aliphatic hydroxyl groups is 1. The zero-order chi connectivity index (χ0) is 12.3. The van der Waals surface area contributed by atoms with Gasteiger partial charge in [-0.1, -0.05) is 17.3 Å². The average molecular weight is 236 g/mol. The van der Waals surface area contributed by atoms with E-state index in [0.717, 1.165) is 5.56 Å². The van der Waals surface area contributed by atoms with E-state index < -0.39 is 6.10 Å². The molecule has 1 unspecified atom stereocenters. The molecule has 0 saturated heterocycles. The van der Waals surface area contributed by atoms with Crippen molar-refractivity contribution in [1.82, 2.24) is 10.1 Å². The number of hydrogen-bond acceptors (Lipinski definition) is 4. The molecule has 1 aromatic carbocycles. The topological polar surface area (TPSA) is 59.2 Å². The highest BCUT2D eigenvalue weighted by molar-refractivity contribution is 5.19. The number of hydrogen-bond donors (Lipinski definition) is 1. The van der Waals surface area contributed by atoms with Crippen molar-refractivity contribution in [3.05, 3.63) is 47.4 Å². The van der Waals surface area contributed by atoms with Crippen LogP contribution in [0.1, 0.15) is 24.2 Å². The van der Waals surface area contributed by atoms with Gasteiger partial charge in [-0.2, -0.15) is 4.98 Å². The predicted molar refractivity (Wildman–Crippen MR) is 58.9 cm³/mol. The van der Waals surface area contributed by atoms with Crippen molar-refractivity contribution in [3.63, 3.8) is 0 Å². The molecule has 0 amide bonds. The first kappa shape index (κ1) is 11.7. The van der Waals surface area contributed by atoms with Crippen LogP contribution in [0.15, 0.2) is 28.8 Å². The summed E-state index contributed by atoms with van der Waals surface area (Å²) >= 11 is 0. The Bertz CT molecular complexity index is 497. The molecule has 4 nitrogen and oxygen atoms in total. The second kappa shape index (κ2) is 5.05. The van der Waals surface area contributed by atoms with Gasteiger partial charge in [-0.3, -0.25) is 0 Å². The molecule has 1 atom stereocenters. The number of rotatable bonds is 4. The number of halogens is 1. The molecule has 0 aliphatic heterocycles. The molecule has 1 heterocycles. The second-order valence-corrected chi connectivity index (χ2v) is 3.96. The van der Waals surface area contributed by atoms with Crippen LogP contribution in [-0.2, 0) is 12.8 Å². The molecule has 1 N–H and O–H groups in total. The fourth-order valence-electron chi connectivity index (χ4n) is 1.53. The second-order valence-electron chi connectivity index (χ2n) is 3.96. The summed E-state index contributed by atoms with van der Waals surface area (Å²) in [4.78, 5) is 4.12. The summed E-state index contributed by atoms with van der Waals surface area (Å²) in [6.07, 6.45) is 0.231. The van der Waals surface area contributed by atoms with Gasteiger partial charge in [0.15, 0.2) is 5.82 Å². The van der Waals surface area contributed by atoms with E-state index in [1.807, 2.05) is 0 Å². The molecular formula is C12H13FN2O2. The summed E-state index contributed by atoms with van der Waals surface area (Å²) in [6, 6.07) is 6.26. The monoisotopic (exact) mass is 236 g/mol. The zero-order valence-electron chi connectivity index (χ0n) is 9.43. The fraction of sp³-hybridized carbons (Fsp3) is 0.333. The van der Waals surface area contributed by atoms with Gasteiger partial charge in [0.1, 0.15) is 5.82 Å². The van der Waals surface area contributed by atoms with Crippen LogP contribution in [0.2, 0.25) is 0 Å². The van der Waals surface area contributed by atoms with E-state index in [0.29, 0.717) is 24.6 Å². The third kappa shape index (κ3) is 3.35. The van der Waals surface area contributed by atoms with Gasteiger partial charge in [-0.25, -0.2) is 4.39 Å². The van der Waals surface area contributed by atoms with Crippen LogP contribution >= 0.6 is 0 Å². The van der Waals surface area contributed by atoms with Crippen molar-refractivity contribution < 1.29 is 14.0 Å². The highest BCUT2D eigenvalue weighted by Gasteiger charge is 2.09. The lowest BCUT2D eigenvalue weighted by Gasteiger charge is -1.97. The van der Waals surface area contributed by atoms with Crippen LogP contribution in [0.4, 0.5) is 4.39 Å². The van der Waals surface area contributed by atoms with Crippen LogP contribution in [0.25, 0.3) is 0 Å². The van der Waals surface area contributed by atoms with Gasteiger partial charge in [-0.05, 0) is 24.6 Å². The molecule has 2 rings (SSSR count). The molecule has 0 aliphatic rings. The first-order chi connectivity index (χ1) is 8.13. The first-order valence-electron chi connectivity index (χ1n) is 5.37. The molecule has 1 aromatic heterocycles. The van der Waals surface area contributed by atoms with Crippen molar-refractivity contribution in [2.45, 2.75) is 25.9 Å². The summed E-state index contributed by atoms with van der Waals surface area (Å²) in [5, 5.41) is 12.9. The third-order valence-corrected chi connectivity index (χ3v) is 2.23. The molecule has 5 heteroatoms. The van der Waals surface area contributed by atoms with Gasteiger partial charge in [-0.15, -0.1) is 0 Å². The van der Waals surface area contributed by atoms with Crippen LogP contribution in [-0.4, -0.2) is 21.4 Å². The molecule has 2 aromatic rings. The standard InChI is InChI=1S/C12H13FN2O2/c1-8(16)5-12-14-11(15-17-12)7-9-3-2-4-10(13)6-9/h2-4,6,8,16H,5,7H2,1H3. The molecular weight excluding hydrogens is 223 g/mol. The Hall–Kier alpha value is -1.75. The lowest BCUT2D eigenvalue weighted by Crippen LogP contribution is -2.04. The molecule has 90 valence electrons. The minimum Gasteiger partial charge on any atom is -0.393 e. The number of aliphatic hydroxyl groups excluding tert-OH is 1. The molecule has 0 bridgehead atoms. The van der Waals surface area contributed by atoms with E-state index in [-0.39, 0.29) is 5.82 Å². The Morgan fingerprint density at radius 3 is 3.00 bits per heavy atom. The normalized spacial score (nSPS) is 12.6. The largest absolute Gasteiger partial charge is 0.393 e. The maximum Gasteiger partial charge on any atom is 0.229 e. The first-order valence-corrected chi connectivity index (χ1v) is 5.37. The Labute approximate surface area is 98.1 Å². The molecule has 0 saturated carbocycles. The summed E-state index contributed by atoms with van der Waals surface area (Å²) in [6.45, 7) is 1.65. The van der Waals surface area contributed by atoms with Gasteiger partial charge in [0, 0.05) is 6.42 Å².